The van der Waals surface area contributed by atoms with Crippen molar-refractivity contribution in [2.45, 2.75) is 39.2 Å². The summed E-state index contributed by atoms with van der Waals surface area (Å²) in [5, 5.41) is 7.65. The van der Waals surface area contributed by atoms with E-state index in [1.807, 2.05) is 12.1 Å². The topological polar surface area (TPSA) is 71.1 Å². The van der Waals surface area contributed by atoms with Crippen molar-refractivity contribution in [1.82, 2.24) is 10.3 Å². The predicted molar refractivity (Wildman–Crippen MR) is 92.8 cm³/mol. The lowest BCUT2D eigenvalue weighted by atomic mass is 9.86. The Bertz CT molecular complexity index is 673. The quantitative estimate of drug-likeness (QED) is 0.904. The van der Waals surface area contributed by atoms with Crippen molar-refractivity contribution >= 4 is 28.3 Å². The van der Waals surface area contributed by atoms with Crippen LogP contribution in [-0.4, -0.2) is 22.8 Å². The maximum Gasteiger partial charge on any atom is 0.251 e. The first-order valence-electron chi connectivity index (χ1n) is 7.39. The molecule has 0 aliphatic heterocycles. The molecule has 0 bridgehead atoms. The lowest BCUT2D eigenvalue weighted by Crippen LogP contribution is -2.41. The number of hydrogen-bond acceptors (Lipinski definition) is 4. The number of nitrogens with zero attached hydrogens (tertiary/aromatic N) is 1. The molecule has 0 saturated heterocycles. The van der Waals surface area contributed by atoms with Crippen molar-refractivity contribution in [2.75, 3.05) is 5.32 Å². The number of hydrogen-bond donors (Lipinski definition) is 2. The van der Waals surface area contributed by atoms with Crippen LogP contribution in [0.5, 0.6) is 0 Å². The third-order valence-corrected chi connectivity index (χ3v) is 4.10. The fraction of sp³-hybridized carbons (Fsp3) is 0.353. The zero-order valence-corrected chi connectivity index (χ0v) is 14.5. The van der Waals surface area contributed by atoms with Crippen molar-refractivity contribution in [2.24, 2.45) is 0 Å². The third-order valence-electron chi connectivity index (χ3n) is 3.42. The number of carbonyl (C=O) groups is 2. The molecule has 0 aliphatic rings. The van der Waals surface area contributed by atoms with Crippen molar-refractivity contribution < 1.29 is 9.59 Å². The van der Waals surface area contributed by atoms with Crippen LogP contribution >= 0.6 is 11.3 Å². The summed E-state index contributed by atoms with van der Waals surface area (Å²) in [7, 11) is 0. The molecule has 2 aromatic rings. The number of aromatic nitrogens is 1. The molecule has 0 saturated carbocycles. The lowest BCUT2D eigenvalue weighted by Gasteiger charge is -2.19. The summed E-state index contributed by atoms with van der Waals surface area (Å²) in [6.45, 7) is 8.00. The molecule has 23 heavy (non-hydrogen) atoms. The molecule has 1 aromatic carbocycles. The van der Waals surface area contributed by atoms with Crippen LogP contribution in [0.25, 0.3) is 0 Å². The van der Waals surface area contributed by atoms with E-state index in [4.69, 9.17) is 0 Å². The average molecular weight is 331 g/mol. The highest BCUT2D eigenvalue weighted by atomic mass is 32.1. The van der Waals surface area contributed by atoms with Crippen molar-refractivity contribution in [3.63, 3.8) is 0 Å². The number of nitrogens with one attached hydrogen (secondary N) is 2. The van der Waals surface area contributed by atoms with Crippen LogP contribution in [0.3, 0.4) is 0 Å². The second kappa shape index (κ2) is 6.91. The largest absolute Gasteiger partial charge is 0.341 e. The normalized spacial score (nSPS) is 12.5. The van der Waals surface area contributed by atoms with E-state index in [-0.39, 0.29) is 17.2 Å². The summed E-state index contributed by atoms with van der Waals surface area (Å²) < 4.78 is 0. The van der Waals surface area contributed by atoms with Gasteiger partial charge in [-0.1, -0.05) is 32.9 Å². The Morgan fingerprint density at radius 2 is 1.83 bits per heavy atom. The number of carbonyl (C=O) groups excluding carboxylic acids is 2. The number of benzene rings is 1. The van der Waals surface area contributed by atoms with Crippen molar-refractivity contribution in [3.05, 3.63) is 47.0 Å². The molecule has 0 spiro atoms. The van der Waals surface area contributed by atoms with E-state index in [9.17, 15) is 9.59 Å². The molecule has 122 valence electrons. The summed E-state index contributed by atoms with van der Waals surface area (Å²) in [5.41, 5.74) is 1.73. The van der Waals surface area contributed by atoms with Crippen molar-refractivity contribution in [3.8, 4) is 0 Å². The van der Waals surface area contributed by atoms with E-state index >= 15 is 0 Å². The van der Waals surface area contributed by atoms with Gasteiger partial charge in [-0.25, -0.2) is 4.98 Å². The third kappa shape index (κ3) is 4.63. The highest BCUT2D eigenvalue weighted by Crippen LogP contribution is 2.22. The second-order valence-electron chi connectivity index (χ2n) is 6.35. The van der Waals surface area contributed by atoms with Crippen LogP contribution in [0.4, 0.5) is 5.13 Å². The molecule has 2 amide bonds. The number of anilines is 1. The smallest absolute Gasteiger partial charge is 0.251 e. The molecule has 1 aromatic heterocycles. The van der Waals surface area contributed by atoms with E-state index in [1.54, 1.807) is 30.6 Å². The molecular formula is C17H21N3O2S. The minimum Gasteiger partial charge on any atom is -0.341 e. The van der Waals surface area contributed by atoms with Gasteiger partial charge in [-0.3, -0.25) is 9.59 Å². The summed E-state index contributed by atoms with van der Waals surface area (Å²) in [4.78, 5) is 28.2. The molecule has 0 fully saturated rings. The maximum atomic E-state index is 12.2. The first kappa shape index (κ1) is 17.1. The highest BCUT2D eigenvalue weighted by Gasteiger charge is 2.18. The SMILES string of the molecule is C[C@H](NC(=O)c1ccc(C(C)(C)C)cc1)C(=O)Nc1nccs1. The van der Waals surface area contributed by atoms with Crippen LogP contribution in [0.2, 0.25) is 0 Å². The average Bonchev–Trinajstić information content (AvgIpc) is 2.99. The minimum atomic E-state index is -0.645. The molecule has 1 heterocycles. The molecular weight excluding hydrogens is 310 g/mol. The predicted octanol–water partition coefficient (Wildman–Crippen LogP) is 3.20. The highest BCUT2D eigenvalue weighted by molar-refractivity contribution is 7.13. The Kier molecular flexibility index (Phi) is 5.15. The first-order valence-corrected chi connectivity index (χ1v) is 8.27. The van der Waals surface area contributed by atoms with Gasteiger partial charge in [-0.15, -0.1) is 11.3 Å². The summed E-state index contributed by atoms with van der Waals surface area (Å²) >= 11 is 1.33. The Hall–Kier alpha value is -2.21. The molecule has 0 unspecified atom stereocenters. The minimum absolute atomic E-state index is 0.0376. The Morgan fingerprint density at radius 3 is 2.35 bits per heavy atom. The van der Waals surface area contributed by atoms with Gasteiger partial charge in [0, 0.05) is 17.1 Å². The molecule has 2 rings (SSSR count). The number of rotatable bonds is 4. The molecule has 0 radical (unpaired) electrons. The van der Waals surface area contributed by atoms with Gasteiger partial charge in [0.25, 0.3) is 5.91 Å². The van der Waals surface area contributed by atoms with E-state index in [0.717, 1.165) is 5.56 Å². The molecule has 0 aliphatic carbocycles. The van der Waals surface area contributed by atoms with E-state index in [0.29, 0.717) is 10.7 Å². The Balaban J connectivity index is 1.96. The number of thiazole rings is 1. The maximum absolute atomic E-state index is 12.2. The van der Waals surface area contributed by atoms with Crippen LogP contribution in [0.1, 0.15) is 43.6 Å². The van der Waals surface area contributed by atoms with Gasteiger partial charge in [0.15, 0.2) is 5.13 Å². The van der Waals surface area contributed by atoms with Crippen LogP contribution < -0.4 is 10.6 Å². The van der Waals surface area contributed by atoms with E-state index in [1.165, 1.54) is 11.3 Å². The summed E-state index contributed by atoms with van der Waals surface area (Å²) in [6.07, 6.45) is 1.61. The molecule has 2 N–H and O–H groups in total. The van der Waals surface area contributed by atoms with Gasteiger partial charge in [-0.05, 0) is 30.0 Å². The van der Waals surface area contributed by atoms with E-state index < -0.39 is 6.04 Å². The van der Waals surface area contributed by atoms with Crippen LogP contribution in [0.15, 0.2) is 35.8 Å². The van der Waals surface area contributed by atoms with Gasteiger partial charge in [0.1, 0.15) is 6.04 Å². The van der Waals surface area contributed by atoms with Gasteiger partial charge in [0.2, 0.25) is 5.91 Å². The van der Waals surface area contributed by atoms with Gasteiger partial charge in [0.05, 0.1) is 0 Å². The van der Waals surface area contributed by atoms with E-state index in [2.05, 4.69) is 36.4 Å². The fourth-order valence-corrected chi connectivity index (χ4v) is 2.50. The molecule has 5 nitrogen and oxygen atoms in total. The molecule has 1 atom stereocenters. The first-order chi connectivity index (χ1) is 10.8. The summed E-state index contributed by atoms with van der Waals surface area (Å²) in [6, 6.07) is 6.79. The lowest BCUT2D eigenvalue weighted by molar-refractivity contribution is -0.117. The zero-order chi connectivity index (χ0) is 17.0. The zero-order valence-electron chi connectivity index (χ0n) is 13.7. The molecule has 6 heteroatoms. The van der Waals surface area contributed by atoms with Gasteiger partial charge >= 0.3 is 0 Å². The second-order valence-corrected chi connectivity index (χ2v) is 7.24. The van der Waals surface area contributed by atoms with Crippen LogP contribution in [0, 0.1) is 0 Å². The van der Waals surface area contributed by atoms with Crippen molar-refractivity contribution in [1.29, 1.82) is 0 Å². The monoisotopic (exact) mass is 331 g/mol. The van der Waals surface area contributed by atoms with Gasteiger partial charge < -0.3 is 10.6 Å². The fourth-order valence-electron chi connectivity index (χ4n) is 1.97. The van der Waals surface area contributed by atoms with Gasteiger partial charge in [-0.2, -0.15) is 0 Å². The van der Waals surface area contributed by atoms with Crippen LogP contribution in [-0.2, 0) is 10.2 Å². The Morgan fingerprint density at radius 1 is 1.17 bits per heavy atom. The standard InChI is InChI=1S/C17H21N3O2S/c1-11(14(21)20-16-18-9-10-23-16)19-15(22)12-5-7-13(8-6-12)17(2,3)4/h5-11H,1-4H3,(H,19,22)(H,18,20,21)/t11-/m0/s1. The number of amides is 2. The summed E-state index contributed by atoms with van der Waals surface area (Å²) in [5.74, 6) is -0.563. The Labute approximate surface area is 140 Å².